The van der Waals surface area contributed by atoms with Crippen molar-refractivity contribution < 1.29 is 9.53 Å². The van der Waals surface area contributed by atoms with Crippen LogP contribution in [0.5, 0.6) is 5.75 Å². The van der Waals surface area contributed by atoms with E-state index in [1.165, 1.54) is 5.56 Å². The predicted molar refractivity (Wildman–Crippen MR) is 125 cm³/mol. The standard InChI is InChI=1S/C25H23N3O2S/c1-2-6-18-10-12-21(13-11-18)30-16-24(29)27-20-8-5-7-19(15-20)23-17-31-25(28-23)22-9-3-4-14-26-22/h3-5,7-15,17H,2,6,16H2,1H3,(H,27,29). The van der Waals surface area contributed by atoms with Gasteiger partial charge in [-0.25, -0.2) is 4.98 Å². The average molecular weight is 430 g/mol. The van der Waals surface area contributed by atoms with Crippen molar-refractivity contribution in [2.75, 3.05) is 11.9 Å². The second-order valence-electron chi connectivity index (χ2n) is 7.06. The number of ether oxygens (including phenoxy) is 1. The van der Waals surface area contributed by atoms with E-state index in [0.717, 1.165) is 34.8 Å². The molecule has 0 spiro atoms. The molecular weight excluding hydrogens is 406 g/mol. The molecule has 2 heterocycles. The molecule has 0 unspecified atom stereocenters. The van der Waals surface area contributed by atoms with E-state index >= 15 is 0 Å². The van der Waals surface area contributed by atoms with Gasteiger partial charge in [-0.2, -0.15) is 0 Å². The van der Waals surface area contributed by atoms with Crippen molar-refractivity contribution in [2.45, 2.75) is 19.8 Å². The van der Waals surface area contributed by atoms with Crippen LogP contribution in [0, 0.1) is 0 Å². The van der Waals surface area contributed by atoms with Crippen LogP contribution in [0.15, 0.2) is 78.3 Å². The molecule has 4 aromatic rings. The number of anilines is 1. The number of nitrogens with one attached hydrogen (secondary N) is 1. The predicted octanol–water partition coefficient (Wildman–Crippen LogP) is 5.84. The van der Waals surface area contributed by atoms with E-state index in [2.05, 4.69) is 22.2 Å². The molecule has 0 fully saturated rings. The number of carbonyl (C=O) groups is 1. The molecule has 1 amide bonds. The molecule has 0 aliphatic rings. The van der Waals surface area contributed by atoms with Crippen LogP contribution in [0.1, 0.15) is 18.9 Å². The maximum Gasteiger partial charge on any atom is 0.262 e. The minimum atomic E-state index is -0.206. The molecule has 156 valence electrons. The van der Waals surface area contributed by atoms with Crippen molar-refractivity contribution in [3.8, 4) is 27.7 Å². The zero-order valence-corrected chi connectivity index (χ0v) is 18.1. The first kappa shape index (κ1) is 20.8. The highest BCUT2D eigenvalue weighted by Gasteiger charge is 2.09. The molecule has 0 aliphatic carbocycles. The number of thiazole rings is 1. The summed E-state index contributed by atoms with van der Waals surface area (Å²) in [7, 11) is 0. The Morgan fingerprint density at radius 2 is 1.90 bits per heavy atom. The van der Waals surface area contributed by atoms with Gasteiger partial charge in [0, 0.05) is 22.8 Å². The van der Waals surface area contributed by atoms with Gasteiger partial charge in [0.15, 0.2) is 6.61 Å². The van der Waals surface area contributed by atoms with Crippen LogP contribution in [0.2, 0.25) is 0 Å². The van der Waals surface area contributed by atoms with Gasteiger partial charge in [-0.3, -0.25) is 9.78 Å². The largest absolute Gasteiger partial charge is 0.484 e. The molecule has 0 radical (unpaired) electrons. The van der Waals surface area contributed by atoms with Crippen molar-refractivity contribution in [1.82, 2.24) is 9.97 Å². The van der Waals surface area contributed by atoms with Crippen LogP contribution in [-0.4, -0.2) is 22.5 Å². The van der Waals surface area contributed by atoms with Crippen molar-refractivity contribution in [3.05, 3.63) is 83.9 Å². The topological polar surface area (TPSA) is 64.1 Å². The lowest BCUT2D eigenvalue weighted by molar-refractivity contribution is -0.118. The molecule has 2 aromatic heterocycles. The van der Waals surface area contributed by atoms with E-state index in [0.29, 0.717) is 11.4 Å². The highest BCUT2D eigenvalue weighted by Crippen LogP contribution is 2.29. The number of rotatable bonds is 8. The summed E-state index contributed by atoms with van der Waals surface area (Å²) < 4.78 is 5.61. The number of amides is 1. The Morgan fingerprint density at radius 3 is 2.68 bits per heavy atom. The van der Waals surface area contributed by atoms with Crippen LogP contribution >= 0.6 is 11.3 Å². The van der Waals surface area contributed by atoms with Gasteiger partial charge in [0.25, 0.3) is 5.91 Å². The van der Waals surface area contributed by atoms with Crippen LogP contribution in [-0.2, 0) is 11.2 Å². The average Bonchev–Trinajstić information content (AvgIpc) is 3.30. The third-order valence-electron chi connectivity index (χ3n) is 4.66. The molecule has 1 N–H and O–H groups in total. The van der Waals surface area contributed by atoms with Gasteiger partial charge in [-0.1, -0.05) is 43.7 Å². The summed E-state index contributed by atoms with van der Waals surface area (Å²) in [5.74, 6) is 0.482. The first-order chi connectivity index (χ1) is 15.2. The first-order valence-electron chi connectivity index (χ1n) is 10.2. The second kappa shape index (κ2) is 10.00. The fraction of sp³-hybridized carbons (Fsp3) is 0.160. The van der Waals surface area contributed by atoms with Crippen molar-refractivity contribution >= 4 is 22.9 Å². The van der Waals surface area contributed by atoms with Crippen LogP contribution in [0.4, 0.5) is 5.69 Å². The third-order valence-corrected chi connectivity index (χ3v) is 5.53. The lowest BCUT2D eigenvalue weighted by Crippen LogP contribution is -2.20. The van der Waals surface area contributed by atoms with Crippen molar-refractivity contribution in [1.29, 1.82) is 0 Å². The zero-order chi connectivity index (χ0) is 21.5. The number of aromatic nitrogens is 2. The van der Waals surface area contributed by atoms with Crippen LogP contribution < -0.4 is 10.1 Å². The molecular formula is C25H23N3O2S. The Morgan fingerprint density at radius 1 is 1.03 bits per heavy atom. The molecule has 5 nitrogen and oxygen atoms in total. The lowest BCUT2D eigenvalue weighted by atomic mass is 10.1. The number of nitrogens with zero attached hydrogens (tertiary/aromatic N) is 2. The Labute approximate surface area is 185 Å². The minimum Gasteiger partial charge on any atom is -0.484 e. The Kier molecular flexibility index (Phi) is 6.69. The van der Waals surface area contributed by atoms with E-state index in [4.69, 9.17) is 4.74 Å². The van der Waals surface area contributed by atoms with E-state index in [1.807, 2.05) is 72.1 Å². The minimum absolute atomic E-state index is 0.0438. The summed E-state index contributed by atoms with van der Waals surface area (Å²) in [6, 6.07) is 21.3. The quantitative estimate of drug-likeness (QED) is 0.382. The van der Waals surface area contributed by atoms with Gasteiger partial charge in [0.1, 0.15) is 10.8 Å². The van der Waals surface area contributed by atoms with Crippen LogP contribution in [0.25, 0.3) is 22.0 Å². The SMILES string of the molecule is CCCc1ccc(OCC(=O)Nc2cccc(-c3csc(-c4ccccn4)n3)c2)cc1. The summed E-state index contributed by atoms with van der Waals surface area (Å²) in [6.45, 7) is 2.11. The van der Waals surface area contributed by atoms with E-state index in [-0.39, 0.29) is 12.5 Å². The fourth-order valence-electron chi connectivity index (χ4n) is 3.16. The smallest absolute Gasteiger partial charge is 0.262 e. The van der Waals surface area contributed by atoms with Crippen LogP contribution in [0.3, 0.4) is 0 Å². The normalized spacial score (nSPS) is 10.6. The summed E-state index contributed by atoms with van der Waals surface area (Å²) in [6.07, 6.45) is 3.90. The second-order valence-corrected chi connectivity index (χ2v) is 7.92. The highest BCUT2D eigenvalue weighted by molar-refractivity contribution is 7.13. The fourth-order valence-corrected chi connectivity index (χ4v) is 3.96. The molecule has 0 saturated heterocycles. The lowest BCUT2D eigenvalue weighted by Gasteiger charge is -2.09. The highest BCUT2D eigenvalue weighted by atomic mass is 32.1. The molecule has 0 saturated carbocycles. The van der Waals surface area contributed by atoms with E-state index in [9.17, 15) is 4.79 Å². The maximum atomic E-state index is 12.3. The Balaban J connectivity index is 1.37. The molecule has 6 heteroatoms. The maximum absolute atomic E-state index is 12.3. The molecule has 2 aromatic carbocycles. The van der Waals surface area contributed by atoms with Crippen molar-refractivity contribution in [3.63, 3.8) is 0 Å². The van der Waals surface area contributed by atoms with Gasteiger partial charge >= 0.3 is 0 Å². The third kappa shape index (κ3) is 5.55. The summed E-state index contributed by atoms with van der Waals surface area (Å²) in [5.41, 5.74) is 4.61. The Hall–Kier alpha value is -3.51. The number of benzene rings is 2. The summed E-state index contributed by atoms with van der Waals surface area (Å²) in [5, 5.41) is 5.75. The molecule has 0 bridgehead atoms. The number of carbonyl (C=O) groups excluding carboxylic acids is 1. The zero-order valence-electron chi connectivity index (χ0n) is 17.2. The molecule has 31 heavy (non-hydrogen) atoms. The number of pyridine rings is 1. The first-order valence-corrected chi connectivity index (χ1v) is 11.1. The van der Waals surface area contributed by atoms with E-state index < -0.39 is 0 Å². The van der Waals surface area contributed by atoms with Gasteiger partial charge in [-0.05, 0) is 48.4 Å². The Bertz CT molecular complexity index is 1140. The van der Waals surface area contributed by atoms with Gasteiger partial charge in [-0.15, -0.1) is 11.3 Å². The number of aryl methyl sites for hydroxylation is 1. The van der Waals surface area contributed by atoms with Gasteiger partial charge < -0.3 is 10.1 Å². The molecule has 0 aliphatic heterocycles. The number of hydrogen-bond donors (Lipinski definition) is 1. The summed E-state index contributed by atoms with van der Waals surface area (Å²) in [4.78, 5) is 21.4. The summed E-state index contributed by atoms with van der Waals surface area (Å²) >= 11 is 1.55. The van der Waals surface area contributed by atoms with Crippen molar-refractivity contribution in [2.24, 2.45) is 0 Å². The van der Waals surface area contributed by atoms with Gasteiger partial charge in [0.05, 0.1) is 11.4 Å². The van der Waals surface area contributed by atoms with Gasteiger partial charge in [0.2, 0.25) is 0 Å². The molecule has 4 rings (SSSR count). The molecule has 0 atom stereocenters. The monoisotopic (exact) mass is 429 g/mol. The van der Waals surface area contributed by atoms with E-state index in [1.54, 1.807) is 17.5 Å². The number of hydrogen-bond acceptors (Lipinski definition) is 5.